The number of hydrogen-bond acceptors (Lipinski definition) is 11. The summed E-state index contributed by atoms with van der Waals surface area (Å²) in [6, 6.07) is 13.1. The summed E-state index contributed by atoms with van der Waals surface area (Å²) in [5, 5.41) is 28.3. The zero-order valence-corrected chi connectivity index (χ0v) is 24.6. The van der Waals surface area contributed by atoms with E-state index in [9.17, 15) is 9.59 Å². The molecule has 14 heteroatoms. The van der Waals surface area contributed by atoms with E-state index in [1.165, 1.54) is 12.0 Å². The lowest BCUT2D eigenvalue weighted by molar-refractivity contribution is -0.122. The number of anilines is 5. The minimum Gasteiger partial charge on any atom is -0.444 e. The molecule has 42 heavy (non-hydrogen) atoms. The molecule has 2 heterocycles. The van der Waals surface area contributed by atoms with Crippen LogP contribution in [-0.4, -0.2) is 82.6 Å². The molecule has 0 aliphatic carbocycles. The highest BCUT2D eigenvalue weighted by Gasteiger charge is 2.23. The summed E-state index contributed by atoms with van der Waals surface area (Å²) in [5.41, 5.74) is 1.87. The maximum atomic E-state index is 12.6. The number of nitrogens with zero attached hydrogens (tertiary/aromatic N) is 5. The van der Waals surface area contributed by atoms with Crippen molar-refractivity contribution in [2.24, 2.45) is 0 Å². The number of rotatable bonds is 14. The SMILES string of the molecule is COCCN(CC(=O)NCCNc1cc(Nc2cc(C)[nH]n2)nc(Nc2ccc(CC#N)cc2)n1)C(=O)OC(C)(C)C. The van der Waals surface area contributed by atoms with Crippen molar-refractivity contribution in [3.63, 3.8) is 0 Å². The van der Waals surface area contributed by atoms with E-state index in [-0.39, 0.29) is 32.1 Å². The van der Waals surface area contributed by atoms with Crippen molar-refractivity contribution in [2.75, 3.05) is 55.8 Å². The molecule has 5 N–H and O–H groups in total. The van der Waals surface area contributed by atoms with Gasteiger partial charge in [0.25, 0.3) is 0 Å². The topological polar surface area (TPSA) is 182 Å². The number of nitriles is 1. The molecular weight excluding hydrogens is 540 g/mol. The molecule has 0 radical (unpaired) electrons. The van der Waals surface area contributed by atoms with Crippen LogP contribution in [0.25, 0.3) is 0 Å². The number of H-pyrrole nitrogens is 1. The van der Waals surface area contributed by atoms with Gasteiger partial charge in [-0.15, -0.1) is 0 Å². The third-order valence-electron chi connectivity index (χ3n) is 5.49. The first kappa shape index (κ1) is 31.6. The molecule has 3 aromatic rings. The van der Waals surface area contributed by atoms with E-state index in [4.69, 9.17) is 14.7 Å². The Morgan fingerprint density at radius 2 is 1.79 bits per heavy atom. The summed E-state index contributed by atoms with van der Waals surface area (Å²) in [6.07, 6.45) is -0.253. The van der Waals surface area contributed by atoms with Gasteiger partial charge in [-0.25, -0.2) is 4.79 Å². The monoisotopic (exact) mass is 578 g/mol. The maximum absolute atomic E-state index is 12.6. The molecule has 0 saturated carbocycles. The first-order chi connectivity index (χ1) is 20.0. The van der Waals surface area contributed by atoms with E-state index in [2.05, 4.69) is 47.5 Å². The van der Waals surface area contributed by atoms with E-state index >= 15 is 0 Å². The third kappa shape index (κ3) is 10.9. The van der Waals surface area contributed by atoms with E-state index in [0.29, 0.717) is 36.4 Å². The summed E-state index contributed by atoms with van der Waals surface area (Å²) < 4.78 is 10.5. The highest BCUT2D eigenvalue weighted by Crippen LogP contribution is 2.21. The Balaban J connectivity index is 1.62. The van der Waals surface area contributed by atoms with Gasteiger partial charge < -0.3 is 30.7 Å². The van der Waals surface area contributed by atoms with Crippen LogP contribution in [0.2, 0.25) is 0 Å². The van der Waals surface area contributed by atoms with Crippen LogP contribution in [0.15, 0.2) is 36.4 Å². The van der Waals surface area contributed by atoms with Crippen molar-refractivity contribution in [1.82, 2.24) is 30.4 Å². The molecule has 14 nitrogen and oxygen atoms in total. The van der Waals surface area contributed by atoms with Crippen molar-refractivity contribution >= 4 is 41.1 Å². The normalized spacial score (nSPS) is 10.9. The number of hydrogen-bond donors (Lipinski definition) is 5. The lowest BCUT2D eigenvalue weighted by atomic mass is 10.1. The predicted octanol–water partition coefficient (Wildman–Crippen LogP) is 3.47. The fourth-order valence-corrected chi connectivity index (χ4v) is 3.58. The Morgan fingerprint density at radius 3 is 2.43 bits per heavy atom. The first-order valence-corrected chi connectivity index (χ1v) is 13.4. The molecule has 0 fully saturated rings. The van der Waals surface area contributed by atoms with E-state index in [0.717, 1.165) is 16.9 Å². The van der Waals surface area contributed by atoms with Gasteiger partial charge in [0.1, 0.15) is 23.8 Å². The van der Waals surface area contributed by atoms with Gasteiger partial charge in [0.15, 0.2) is 5.82 Å². The van der Waals surface area contributed by atoms with Gasteiger partial charge in [-0.05, 0) is 45.4 Å². The van der Waals surface area contributed by atoms with Crippen molar-refractivity contribution in [3.8, 4) is 6.07 Å². The van der Waals surface area contributed by atoms with Crippen LogP contribution < -0.4 is 21.3 Å². The number of aryl methyl sites for hydroxylation is 1. The second-order valence-electron chi connectivity index (χ2n) is 10.4. The molecule has 0 saturated heterocycles. The Morgan fingerprint density at radius 1 is 1.05 bits per heavy atom. The molecule has 2 aromatic heterocycles. The number of nitrogens with one attached hydrogen (secondary N) is 5. The molecule has 0 spiro atoms. The van der Waals surface area contributed by atoms with Crippen LogP contribution in [0, 0.1) is 18.3 Å². The molecule has 0 aliphatic rings. The van der Waals surface area contributed by atoms with E-state index < -0.39 is 11.7 Å². The number of amides is 2. The molecule has 0 aliphatic heterocycles. The molecule has 2 amide bonds. The smallest absolute Gasteiger partial charge is 0.410 e. The number of ether oxygens (including phenoxy) is 2. The summed E-state index contributed by atoms with van der Waals surface area (Å²) in [6.45, 7) is 8.16. The van der Waals surface area contributed by atoms with Gasteiger partial charge in [-0.2, -0.15) is 20.3 Å². The largest absolute Gasteiger partial charge is 0.444 e. The molecule has 224 valence electrons. The minimum atomic E-state index is -0.682. The fraction of sp³-hybridized carbons (Fsp3) is 0.429. The summed E-state index contributed by atoms with van der Waals surface area (Å²) >= 11 is 0. The average Bonchev–Trinajstić information content (AvgIpc) is 3.33. The Hall–Kier alpha value is -4.90. The van der Waals surface area contributed by atoms with Crippen LogP contribution in [0.1, 0.15) is 32.0 Å². The quantitative estimate of drug-likeness (QED) is 0.177. The van der Waals surface area contributed by atoms with Crippen molar-refractivity contribution in [2.45, 2.75) is 39.7 Å². The average molecular weight is 579 g/mol. The van der Waals surface area contributed by atoms with Crippen LogP contribution in [0.5, 0.6) is 0 Å². The summed E-state index contributed by atoms with van der Waals surface area (Å²) in [7, 11) is 1.52. The van der Waals surface area contributed by atoms with Gasteiger partial charge in [0.2, 0.25) is 11.9 Å². The Bertz CT molecular complexity index is 1360. The Kier molecular flexibility index (Phi) is 11.4. The fourth-order valence-electron chi connectivity index (χ4n) is 3.58. The number of methoxy groups -OCH3 is 1. The molecule has 3 rings (SSSR count). The highest BCUT2D eigenvalue weighted by molar-refractivity contribution is 5.82. The minimum absolute atomic E-state index is 0.163. The van der Waals surface area contributed by atoms with Crippen molar-refractivity contribution in [3.05, 3.63) is 47.7 Å². The van der Waals surface area contributed by atoms with Crippen LogP contribution in [0.4, 0.5) is 33.9 Å². The molecule has 0 atom stereocenters. The van der Waals surface area contributed by atoms with E-state index in [1.807, 2.05) is 37.3 Å². The lowest BCUT2D eigenvalue weighted by Gasteiger charge is -2.26. The molecule has 0 bridgehead atoms. The van der Waals surface area contributed by atoms with E-state index in [1.54, 1.807) is 26.8 Å². The van der Waals surface area contributed by atoms with Gasteiger partial charge in [0.05, 0.1) is 19.1 Å². The molecular formula is C28H38N10O4. The summed E-state index contributed by atoms with van der Waals surface area (Å²) in [5.74, 6) is 1.60. The van der Waals surface area contributed by atoms with Crippen LogP contribution in [0.3, 0.4) is 0 Å². The second-order valence-corrected chi connectivity index (χ2v) is 10.4. The van der Waals surface area contributed by atoms with Gasteiger partial charge in [-0.3, -0.25) is 14.8 Å². The summed E-state index contributed by atoms with van der Waals surface area (Å²) in [4.78, 5) is 35.5. The first-order valence-electron chi connectivity index (χ1n) is 13.4. The number of aromatic nitrogens is 4. The lowest BCUT2D eigenvalue weighted by Crippen LogP contribution is -2.45. The standard InChI is InChI=1S/C28H38N10O4/c1-19-16-24(37-36-19)33-23-17-22(34-26(35-23)32-21-8-6-20(7-9-21)10-11-29)30-12-13-31-25(39)18-38(14-15-41-5)27(40)42-28(2,3)4/h6-9,16-17H,10,12-15,18H2,1-5H3,(H,31,39)(H4,30,32,33,34,35,36,37). The van der Waals surface area contributed by atoms with Crippen molar-refractivity contribution < 1.29 is 19.1 Å². The zero-order valence-electron chi connectivity index (χ0n) is 24.6. The number of carbonyl (C=O) groups excluding carboxylic acids is 2. The number of carbonyl (C=O) groups is 2. The maximum Gasteiger partial charge on any atom is 0.410 e. The zero-order chi connectivity index (χ0) is 30.5. The second kappa shape index (κ2) is 15.2. The highest BCUT2D eigenvalue weighted by atomic mass is 16.6. The Labute approximate surface area is 245 Å². The van der Waals surface area contributed by atoms with Gasteiger partial charge >= 0.3 is 6.09 Å². The molecule has 1 aromatic carbocycles. The van der Waals surface area contributed by atoms with Gasteiger partial charge in [-0.1, -0.05) is 12.1 Å². The van der Waals surface area contributed by atoms with Gasteiger partial charge in [0, 0.05) is 50.3 Å². The third-order valence-corrected chi connectivity index (χ3v) is 5.49. The van der Waals surface area contributed by atoms with Crippen molar-refractivity contribution in [1.29, 1.82) is 5.26 Å². The molecule has 0 unspecified atom stereocenters. The number of aromatic amines is 1. The van der Waals surface area contributed by atoms with Crippen LogP contribution in [-0.2, 0) is 20.7 Å². The number of benzene rings is 1. The van der Waals surface area contributed by atoms with Crippen LogP contribution >= 0.6 is 0 Å². The predicted molar refractivity (Wildman–Crippen MR) is 159 cm³/mol.